The van der Waals surface area contributed by atoms with E-state index in [1.54, 1.807) is 0 Å². The molecular weight excluding hydrogens is 146 g/mol. The van der Waals surface area contributed by atoms with Gasteiger partial charge in [0.25, 0.3) is 0 Å². The van der Waals surface area contributed by atoms with Crippen molar-refractivity contribution in [3.8, 4) is 0 Å². The summed E-state index contributed by atoms with van der Waals surface area (Å²) in [7, 11) is 0. The SMILES string of the molecule is CCC(CC)OCC(=O)ON. The van der Waals surface area contributed by atoms with Crippen LogP contribution in [0.2, 0.25) is 0 Å². The van der Waals surface area contributed by atoms with Crippen molar-refractivity contribution in [3.05, 3.63) is 0 Å². The van der Waals surface area contributed by atoms with Crippen molar-refractivity contribution >= 4 is 5.97 Å². The number of rotatable bonds is 5. The molecule has 0 aliphatic carbocycles. The summed E-state index contributed by atoms with van der Waals surface area (Å²) in [6.07, 6.45) is 1.93. The molecule has 0 saturated carbocycles. The molecule has 2 N–H and O–H groups in total. The highest BCUT2D eigenvalue weighted by Crippen LogP contribution is 2.01. The van der Waals surface area contributed by atoms with Crippen LogP contribution >= 0.6 is 0 Å². The summed E-state index contributed by atoms with van der Waals surface area (Å²) >= 11 is 0. The third-order valence-electron chi connectivity index (χ3n) is 1.48. The summed E-state index contributed by atoms with van der Waals surface area (Å²) < 4.78 is 5.14. The van der Waals surface area contributed by atoms with E-state index in [1.807, 2.05) is 13.8 Å². The van der Waals surface area contributed by atoms with Gasteiger partial charge in [0, 0.05) is 0 Å². The molecule has 0 rings (SSSR count). The Hall–Kier alpha value is -0.610. The van der Waals surface area contributed by atoms with E-state index in [4.69, 9.17) is 4.74 Å². The molecule has 4 nitrogen and oxygen atoms in total. The zero-order valence-corrected chi connectivity index (χ0v) is 7.00. The van der Waals surface area contributed by atoms with Gasteiger partial charge in [0.05, 0.1) is 6.10 Å². The quantitative estimate of drug-likeness (QED) is 0.600. The Morgan fingerprint density at radius 2 is 2.00 bits per heavy atom. The van der Waals surface area contributed by atoms with Crippen LogP contribution in [0.3, 0.4) is 0 Å². The van der Waals surface area contributed by atoms with Crippen LogP contribution in [0, 0.1) is 0 Å². The Morgan fingerprint density at radius 1 is 1.45 bits per heavy atom. The Kier molecular flexibility index (Phi) is 5.78. The van der Waals surface area contributed by atoms with E-state index >= 15 is 0 Å². The van der Waals surface area contributed by atoms with Gasteiger partial charge in [-0.1, -0.05) is 13.8 Å². The molecule has 0 aromatic carbocycles. The molecule has 66 valence electrons. The molecule has 0 heterocycles. The lowest BCUT2D eigenvalue weighted by Crippen LogP contribution is -2.21. The van der Waals surface area contributed by atoms with Crippen LogP contribution in [0.1, 0.15) is 26.7 Å². The smallest absolute Gasteiger partial charge is 0.350 e. The molecule has 0 bridgehead atoms. The van der Waals surface area contributed by atoms with Gasteiger partial charge >= 0.3 is 5.97 Å². The fourth-order valence-corrected chi connectivity index (χ4v) is 0.744. The van der Waals surface area contributed by atoms with Gasteiger partial charge in [-0.3, -0.25) is 0 Å². The highest BCUT2D eigenvalue weighted by atomic mass is 16.7. The largest absolute Gasteiger partial charge is 0.372 e. The molecule has 4 heteroatoms. The number of ether oxygens (including phenoxy) is 1. The molecule has 0 aliphatic rings. The second-order valence-electron chi connectivity index (χ2n) is 2.24. The topological polar surface area (TPSA) is 61.5 Å². The van der Waals surface area contributed by atoms with Crippen molar-refractivity contribution in [1.82, 2.24) is 0 Å². The normalized spacial score (nSPS) is 10.2. The molecule has 0 aromatic rings. The Labute approximate surface area is 66.6 Å². The van der Waals surface area contributed by atoms with E-state index in [1.165, 1.54) is 0 Å². The molecule has 0 aromatic heterocycles. The molecule has 0 atom stereocenters. The first-order valence-electron chi connectivity index (χ1n) is 3.75. The van der Waals surface area contributed by atoms with Crippen molar-refractivity contribution in [3.63, 3.8) is 0 Å². The fraction of sp³-hybridized carbons (Fsp3) is 0.857. The highest BCUT2D eigenvalue weighted by molar-refractivity contribution is 5.70. The first-order valence-corrected chi connectivity index (χ1v) is 3.75. The van der Waals surface area contributed by atoms with Gasteiger partial charge in [-0.15, -0.1) is 0 Å². The zero-order chi connectivity index (χ0) is 8.69. The lowest BCUT2D eigenvalue weighted by Gasteiger charge is -2.11. The maximum Gasteiger partial charge on any atom is 0.350 e. The number of hydrogen-bond donors (Lipinski definition) is 1. The first kappa shape index (κ1) is 10.4. The van der Waals surface area contributed by atoms with Crippen LogP contribution < -0.4 is 5.90 Å². The Balaban J connectivity index is 3.42. The number of nitrogens with two attached hydrogens (primary N) is 1. The minimum Gasteiger partial charge on any atom is -0.372 e. The minimum absolute atomic E-state index is 0.0527. The van der Waals surface area contributed by atoms with Gasteiger partial charge in [0.15, 0.2) is 0 Å². The maximum atomic E-state index is 10.5. The lowest BCUT2D eigenvalue weighted by atomic mass is 10.2. The van der Waals surface area contributed by atoms with E-state index < -0.39 is 5.97 Å². The van der Waals surface area contributed by atoms with E-state index in [-0.39, 0.29) is 12.7 Å². The highest BCUT2D eigenvalue weighted by Gasteiger charge is 2.06. The summed E-state index contributed by atoms with van der Waals surface area (Å²) in [5.74, 6) is 4.08. The van der Waals surface area contributed by atoms with Gasteiger partial charge in [0.1, 0.15) is 6.61 Å². The van der Waals surface area contributed by atoms with Gasteiger partial charge in [0.2, 0.25) is 0 Å². The Morgan fingerprint density at radius 3 is 2.36 bits per heavy atom. The predicted octanol–water partition coefficient (Wildman–Crippen LogP) is 0.609. The van der Waals surface area contributed by atoms with Gasteiger partial charge < -0.3 is 9.57 Å². The second-order valence-corrected chi connectivity index (χ2v) is 2.24. The summed E-state index contributed by atoms with van der Waals surface area (Å²) in [5.41, 5.74) is 0. The molecular formula is C7H15NO3. The molecule has 0 saturated heterocycles. The first-order chi connectivity index (χ1) is 5.24. The maximum absolute atomic E-state index is 10.5. The molecule has 11 heavy (non-hydrogen) atoms. The number of carbonyl (C=O) groups excluding carboxylic acids is 1. The zero-order valence-electron chi connectivity index (χ0n) is 7.00. The molecule has 0 unspecified atom stereocenters. The van der Waals surface area contributed by atoms with Crippen LogP contribution in [0.5, 0.6) is 0 Å². The molecule has 0 radical (unpaired) electrons. The fourth-order valence-electron chi connectivity index (χ4n) is 0.744. The number of hydrogen-bond acceptors (Lipinski definition) is 4. The van der Waals surface area contributed by atoms with Gasteiger partial charge in [-0.05, 0) is 12.8 Å². The summed E-state index contributed by atoms with van der Waals surface area (Å²) in [6.45, 7) is 3.95. The minimum atomic E-state index is -0.531. The molecule has 0 amide bonds. The number of carbonyl (C=O) groups is 1. The van der Waals surface area contributed by atoms with E-state index in [9.17, 15) is 4.79 Å². The lowest BCUT2D eigenvalue weighted by molar-refractivity contribution is -0.151. The predicted molar refractivity (Wildman–Crippen MR) is 40.6 cm³/mol. The van der Waals surface area contributed by atoms with Crippen LogP contribution in [0.15, 0.2) is 0 Å². The van der Waals surface area contributed by atoms with Crippen LogP contribution in [0.4, 0.5) is 0 Å². The summed E-state index contributed by atoms with van der Waals surface area (Å²) in [4.78, 5) is 14.4. The van der Waals surface area contributed by atoms with Crippen molar-refractivity contribution in [2.75, 3.05) is 6.61 Å². The average molecular weight is 161 g/mol. The van der Waals surface area contributed by atoms with E-state index in [2.05, 4.69) is 10.7 Å². The van der Waals surface area contributed by atoms with Crippen molar-refractivity contribution in [1.29, 1.82) is 0 Å². The van der Waals surface area contributed by atoms with Crippen LogP contribution in [-0.2, 0) is 14.4 Å². The van der Waals surface area contributed by atoms with Gasteiger partial charge in [-0.2, -0.15) is 5.90 Å². The van der Waals surface area contributed by atoms with Crippen LogP contribution in [-0.4, -0.2) is 18.7 Å². The third-order valence-corrected chi connectivity index (χ3v) is 1.48. The summed E-state index contributed by atoms with van der Waals surface area (Å²) in [5, 5.41) is 0. The van der Waals surface area contributed by atoms with Crippen molar-refractivity contribution in [2.45, 2.75) is 32.8 Å². The van der Waals surface area contributed by atoms with Crippen LogP contribution in [0.25, 0.3) is 0 Å². The summed E-state index contributed by atoms with van der Waals surface area (Å²) in [6, 6.07) is 0. The average Bonchev–Trinajstić information content (AvgIpc) is 2.06. The van der Waals surface area contributed by atoms with Gasteiger partial charge in [-0.25, -0.2) is 4.79 Å². The second kappa shape index (κ2) is 6.12. The standard InChI is InChI=1S/C7H15NO3/c1-3-6(4-2)10-5-7(9)11-8/h6H,3-5,8H2,1-2H3. The van der Waals surface area contributed by atoms with E-state index in [0.717, 1.165) is 12.8 Å². The Bertz CT molecular complexity index is 112. The molecule has 0 fully saturated rings. The van der Waals surface area contributed by atoms with E-state index in [0.29, 0.717) is 0 Å². The third kappa shape index (κ3) is 4.75. The molecule has 0 spiro atoms. The van der Waals surface area contributed by atoms with Crippen molar-refractivity contribution in [2.24, 2.45) is 5.90 Å². The van der Waals surface area contributed by atoms with Crippen molar-refractivity contribution < 1.29 is 14.4 Å². The monoisotopic (exact) mass is 161 g/mol. The molecule has 0 aliphatic heterocycles.